The summed E-state index contributed by atoms with van der Waals surface area (Å²) in [5, 5.41) is 8.68. The molecular weight excluding hydrogens is 370 g/mol. The number of hydrazone groups is 1. The second-order valence-electron chi connectivity index (χ2n) is 6.79. The molecule has 0 radical (unpaired) electrons. The van der Waals surface area contributed by atoms with Crippen LogP contribution in [0.3, 0.4) is 0 Å². The van der Waals surface area contributed by atoms with E-state index in [0.717, 1.165) is 16.2 Å². The van der Waals surface area contributed by atoms with E-state index in [1.165, 1.54) is 22.3 Å². The van der Waals surface area contributed by atoms with Gasteiger partial charge in [-0.05, 0) is 31.5 Å². The zero-order chi connectivity index (χ0) is 19.9. The summed E-state index contributed by atoms with van der Waals surface area (Å²) in [5.41, 5.74) is 3.14. The Balaban J connectivity index is 1.51. The van der Waals surface area contributed by atoms with Gasteiger partial charge in [0.2, 0.25) is 11.8 Å². The van der Waals surface area contributed by atoms with Gasteiger partial charge in [0, 0.05) is 24.3 Å². The first-order valence-corrected chi connectivity index (χ1v) is 10.3. The van der Waals surface area contributed by atoms with Crippen molar-refractivity contribution in [1.82, 2.24) is 10.3 Å². The van der Waals surface area contributed by atoms with Crippen molar-refractivity contribution in [2.75, 3.05) is 13.1 Å². The van der Waals surface area contributed by atoms with Gasteiger partial charge >= 0.3 is 0 Å². The molecule has 2 amide bonds. The Kier molecular flexibility index (Phi) is 6.87. The van der Waals surface area contributed by atoms with Crippen LogP contribution in [0, 0.1) is 6.92 Å². The van der Waals surface area contributed by atoms with Gasteiger partial charge in [0.25, 0.3) is 0 Å². The predicted octanol–water partition coefficient (Wildman–Crippen LogP) is 3.62. The molecule has 2 aromatic carbocycles. The lowest BCUT2D eigenvalue weighted by Gasteiger charge is -2.24. The first-order chi connectivity index (χ1) is 13.5. The van der Waals surface area contributed by atoms with Crippen LogP contribution in [0.25, 0.3) is 0 Å². The minimum absolute atomic E-state index is 0.00370. The minimum atomic E-state index is -0.205. The summed E-state index contributed by atoms with van der Waals surface area (Å²) in [7, 11) is 0. The maximum atomic E-state index is 12.4. The van der Waals surface area contributed by atoms with E-state index in [1.807, 2.05) is 68.4 Å². The number of nitrogens with one attached hydrogen (secondary N) is 1. The highest BCUT2D eigenvalue weighted by Crippen LogP contribution is 2.23. The van der Waals surface area contributed by atoms with E-state index in [-0.39, 0.29) is 17.1 Å². The maximum absolute atomic E-state index is 12.4. The highest BCUT2D eigenvalue weighted by Gasteiger charge is 2.21. The fraction of sp³-hybridized carbons (Fsp3) is 0.318. The first kappa shape index (κ1) is 20.1. The summed E-state index contributed by atoms with van der Waals surface area (Å²) in [6.45, 7) is 4.69. The fourth-order valence-corrected chi connectivity index (χ4v) is 3.81. The van der Waals surface area contributed by atoms with Crippen molar-refractivity contribution < 1.29 is 9.59 Å². The molecule has 0 spiro atoms. The molecule has 5 nitrogen and oxygen atoms in total. The fourth-order valence-electron chi connectivity index (χ4n) is 2.92. The zero-order valence-corrected chi connectivity index (χ0v) is 17.0. The monoisotopic (exact) mass is 395 g/mol. The molecule has 0 bridgehead atoms. The van der Waals surface area contributed by atoms with Gasteiger partial charge in [-0.3, -0.25) is 9.59 Å². The number of aryl methyl sites for hydroxylation is 1. The van der Waals surface area contributed by atoms with Crippen LogP contribution in [0.2, 0.25) is 0 Å². The second-order valence-corrected chi connectivity index (χ2v) is 8.21. The van der Waals surface area contributed by atoms with Crippen LogP contribution in [-0.4, -0.2) is 40.9 Å². The molecule has 1 unspecified atom stereocenters. The van der Waals surface area contributed by atoms with Crippen molar-refractivity contribution >= 4 is 29.3 Å². The average Bonchev–Trinajstić information content (AvgIpc) is 2.71. The summed E-state index contributed by atoms with van der Waals surface area (Å²) in [6, 6.07) is 18.0. The van der Waals surface area contributed by atoms with Gasteiger partial charge < -0.3 is 5.32 Å². The van der Waals surface area contributed by atoms with E-state index in [0.29, 0.717) is 25.9 Å². The van der Waals surface area contributed by atoms with Gasteiger partial charge in [0.15, 0.2) is 0 Å². The predicted molar refractivity (Wildman–Crippen MR) is 113 cm³/mol. The van der Waals surface area contributed by atoms with Crippen molar-refractivity contribution in [3.63, 3.8) is 0 Å². The number of rotatable bonds is 7. The van der Waals surface area contributed by atoms with Gasteiger partial charge in [-0.15, -0.1) is 11.8 Å². The third-order valence-corrected chi connectivity index (χ3v) is 5.65. The molecule has 0 saturated heterocycles. The number of hydrogen-bond donors (Lipinski definition) is 1. The van der Waals surface area contributed by atoms with E-state index in [4.69, 9.17) is 0 Å². The van der Waals surface area contributed by atoms with E-state index >= 15 is 0 Å². The van der Waals surface area contributed by atoms with Gasteiger partial charge in [0.05, 0.1) is 17.5 Å². The molecule has 0 aliphatic carbocycles. The van der Waals surface area contributed by atoms with E-state index in [1.54, 1.807) is 0 Å². The van der Waals surface area contributed by atoms with Gasteiger partial charge in [-0.25, -0.2) is 5.01 Å². The molecule has 6 heteroatoms. The molecule has 0 fully saturated rings. The quantitative estimate of drug-likeness (QED) is 0.729. The summed E-state index contributed by atoms with van der Waals surface area (Å²) in [5.74, 6) is -0.0432. The summed E-state index contributed by atoms with van der Waals surface area (Å²) in [4.78, 5) is 25.6. The maximum Gasteiger partial charge on any atom is 0.243 e. The highest BCUT2D eigenvalue weighted by molar-refractivity contribution is 8.00. The summed E-state index contributed by atoms with van der Waals surface area (Å²) < 4.78 is 0. The molecule has 0 saturated carbocycles. The van der Waals surface area contributed by atoms with Crippen LogP contribution in [0.1, 0.15) is 30.9 Å². The van der Waals surface area contributed by atoms with Crippen molar-refractivity contribution in [2.24, 2.45) is 5.10 Å². The van der Waals surface area contributed by atoms with Crippen LogP contribution in [0.5, 0.6) is 0 Å². The molecule has 1 heterocycles. The Labute approximate surface area is 170 Å². The van der Waals surface area contributed by atoms with E-state index < -0.39 is 0 Å². The number of hydrogen-bond acceptors (Lipinski definition) is 4. The van der Waals surface area contributed by atoms with Crippen LogP contribution in [-0.2, 0) is 9.59 Å². The molecule has 1 aliphatic heterocycles. The Hall–Kier alpha value is -2.60. The van der Waals surface area contributed by atoms with Crippen LogP contribution < -0.4 is 5.32 Å². The Morgan fingerprint density at radius 3 is 2.57 bits per heavy atom. The smallest absolute Gasteiger partial charge is 0.243 e. The normalized spacial score (nSPS) is 15.1. The lowest BCUT2D eigenvalue weighted by molar-refractivity contribution is -0.132. The Bertz CT molecular complexity index is 850. The number of carbonyl (C=O) groups excluding carboxylic acids is 2. The number of benzene rings is 2. The Morgan fingerprint density at radius 2 is 1.86 bits per heavy atom. The highest BCUT2D eigenvalue weighted by atomic mass is 32.2. The Morgan fingerprint density at radius 1 is 1.14 bits per heavy atom. The van der Waals surface area contributed by atoms with Crippen molar-refractivity contribution in [3.8, 4) is 0 Å². The third kappa shape index (κ3) is 5.45. The van der Waals surface area contributed by atoms with Gasteiger partial charge in [-0.1, -0.05) is 48.0 Å². The molecule has 28 heavy (non-hydrogen) atoms. The standard InChI is InChI=1S/C22H25N3O2S/c1-16-8-10-19(11-9-16)28-17(2)22(27)23-14-15-25-21(26)13-12-20(24-25)18-6-4-3-5-7-18/h3-11,17H,12-15H2,1-2H3,(H,23,27). The summed E-state index contributed by atoms with van der Waals surface area (Å²) in [6.07, 6.45) is 1.09. The summed E-state index contributed by atoms with van der Waals surface area (Å²) >= 11 is 1.52. The van der Waals surface area contributed by atoms with Crippen LogP contribution in [0.15, 0.2) is 64.6 Å². The van der Waals surface area contributed by atoms with Crippen molar-refractivity contribution in [2.45, 2.75) is 36.8 Å². The first-order valence-electron chi connectivity index (χ1n) is 9.47. The number of amides is 2. The number of thioether (sulfide) groups is 1. The molecule has 1 N–H and O–H groups in total. The molecule has 1 atom stereocenters. The van der Waals surface area contributed by atoms with Gasteiger partial charge in [-0.2, -0.15) is 5.10 Å². The number of carbonyl (C=O) groups is 2. The molecule has 0 aromatic heterocycles. The van der Waals surface area contributed by atoms with Crippen LogP contribution in [0.4, 0.5) is 0 Å². The largest absolute Gasteiger partial charge is 0.353 e. The van der Waals surface area contributed by atoms with Crippen molar-refractivity contribution in [1.29, 1.82) is 0 Å². The average molecular weight is 396 g/mol. The van der Waals surface area contributed by atoms with E-state index in [9.17, 15) is 9.59 Å². The van der Waals surface area contributed by atoms with Crippen molar-refractivity contribution in [3.05, 3.63) is 65.7 Å². The number of nitrogens with zero attached hydrogens (tertiary/aromatic N) is 2. The van der Waals surface area contributed by atoms with Crippen LogP contribution >= 0.6 is 11.8 Å². The molecular formula is C22H25N3O2S. The van der Waals surface area contributed by atoms with E-state index in [2.05, 4.69) is 10.4 Å². The second kappa shape index (κ2) is 9.55. The minimum Gasteiger partial charge on any atom is -0.353 e. The molecule has 146 valence electrons. The molecule has 3 rings (SSSR count). The lowest BCUT2D eigenvalue weighted by Crippen LogP contribution is -2.40. The lowest BCUT2D eigenvalue weighted by atomic mass is 10.0. The van der Waals surface area contributed by atoms with Gasteiger partial charge in [0.1, 0.15) is 0 Å². The third-order valence-electron chi connectivity index (χ3n) is 4.54. The molecule has 2 aromatic rings. The topological polar surface area (TPSA) is 61.8 Å². The SMILES string of the molecule is Cc1ccc(SC(C)C(=O)NCCN2N=C(c3ccccc3)CCC2=O)cc1. The zero-order valence-electron chi connectivity index (χ0n) is 16.2. The molecule has 1 aliphatic rings.